The lowest BCUT2D eigenvalue weighted by atomic mass is 9.79. The van der Waals surface area contributed by atoms with Gasteiger partial charge in [0.2, 0.25) is 0 Å². The fourth-order valence-corrected chi connectivity index (χ4v) is 2.32. The summed E-state index contributed by atoms with van der Waals surface area (Å²) in [6.07, 6.45) is 1.04. The molecule has 1 aromatic rings. The summed E-state index contributed by atoms with van der Waals surface area (Å²) in [5.41, 5.74) is 0.283. The molecule has 0 aromatic heterocycles. The molecule has 1 rings (SSSR count). The van der Waals surface area contributed by atoms with Crippen molar-refractivity contribution in [3.05, 3.63) is 24.3 Å². The van der Waals surface area contributed by atoms with Crippen LogP contribution in [0.25, 0.3) is 0 Å². The van der Waals surface area contributed by atoms with E-state index in [1.54, 1.807) is 0 Å². The van der Waals surface area contributed by atoms with Crippen LogP contribution in [0.5, 0.6) is 11.5 Å². The SMILES string of the molecule is CCNCC(CCOc1ccccc1OCC)C(C)(C)C. The Morgan fingerprint density at radius 3 is 2.19 bits per heavy atom. The van der Waals surface area contributed by atoms with E-state index in [9.17, 15) is 0 Å². The zero-order valence-corrected chi connectivity index (χ0v) is 14.2. The Bertz CT molecular complexity index is 398. The van der Waals surface area contributed by atoms with Gasteiger partial charge in [0.05, 0.1) is 13.2 Å². The lowest BCUT2D eigenvalue weighted by Crippen LogP contribution is -2.33. The molecule has 0 saturated carbocycles. The summed E-state index contributed by atoms with van der Waals surface area (Å²) >= 11 is 0. The van der Waals surface area contributed by atoms with Crippen molar-refractivity contribution in [2.24, 2.45) is 11.3 Å². The van der Waals surface area contributed by atoms with Gasteiger partial charge in [0, 0.05) is 0 Å². The number of hydrogen-bond acceptors (Lipinski definition) is 3. The van der Waals surface area contributed by atoms with Crippen LogP contribution in [0.2, 0.25) is 0 Å². The maximum atomic E-state index is 5.94. The fourth-order valence-electron chi connectivity index (χ4n) is 2.32. The molecule has 0 aliphatic heterocycles. The number of nitrogens with one attached hydrogen (secondary N) is 1. The van der Waals surface area contributed by atoms with E-state index in [1.165, 1.54) is 0 Å². The molecular formula is C18H31NO2. The van der Waals surface area contributed by atoms with Gasteiger partial charge in [-0.3, -0.25) is 0 Å². The highest BCUT2D eigenvalue weighted by Crippen LogP contribution is 2.30. The summed E-state index contributed by atoms with van der Waals surface area (Å²) in [6, 6.07) is 7.89. The van der Waals surface area contributed by atoms with Crippen LogP contribution in [-0.4, -0.2) is 26.3 Å². The fraction of sp³-hybridized carbons (Fsp3) is 0.667. The van der Waals surface area contributed by atoms with Gasteiger partial charge in [-0.2, -0.15) is 0 Å². The van der Waals surface area contributed by atoms with Crippen molar-refractivity contribution in [3.63, 3.8) is 0 Å². The summed E-state index contributed by atoms with van der Waals surface area (Å²) in [5.74, 6) is 2.27. The first-order valence-electron chi connectivity index (χ1n) is 8.04. The number of para-hydroxylation sites is 2. The minimum Gasteiger partial charge on any atom is -0.490 e. The molecule has 0 amide bonds. The Kier molecular flexibility index (Phi) is 7.58. The molecule has 0 heterocycles. The first kappa shape index (κ1) is 17.8. The molecule has 0 radical (unpaired) electrons. The molecule has 1 N–H and O–H groups in total. The van der Waals surface area contributed by atoms with E-state index in [-0.39, 0.29) is 5.41 Å². The van der Waals surface area contributed by atoms with Gasteiger partial charge in [0.25, 0.3) is 0 Å². The summed E-state index contributed by atoms with van der Waals surface area (Å²) in [6.45, 7) is 14.5. The number of ether oxygens (including phenoxy) is 2. The smallest absolute Gasteiger partial charge is 0.161 e. The Hall–Kier alpha value is -1.22. The van der Waals surface area contributed by atoms with E-state index in [2.05, 4.69) is 33.0 Å². The van der Waals surface area contributed by atoms with Gasteiger partial charge in [0.1, 0.15) is 0 Å². The third kappa shape index (κ3) is 6.38. The van der Waals surface area contributed by atoms with Gasteiger partial charge in [-0.15, -0.1) is 0 Å². The Labute approximate surface area is 130 Å². The predicted octanol–water partition coefficient (Wildman–Crippen LogP) is 4.13. The number of benzene rings is 1. The van der Waals surface area contributed by atoms with E-state index < -0.39 is 0 Å². The van der Waals surface area contributed by atoms with Gasteiger partial charge in [-0.1, -0.05) is 39.8 Å². The van der Waals surface area contributed by atoms with Crippen LogP contribution in [0.15, 0.2) is 24.3 Å². The van der Waals surface area contributed by atoms with Gasteiger partial charge < -0.3 is 14.8 Å². The van der Waals surface area contributed by atoms with Crippen molar-refractivity contribution in [1.29, 1.82) is 0 Å². The van der Waals surface area contributed by atoms with E-state index in [0.29, 0.717) is 12.5 Å². The van der Waals surface area contributed by atoms with Gasteiger partial charge in [0.15, 0.2) is 11.5 Å². The summed E-state index contributed by atoms with van der Waals surface area (Å²) < 4.78 is 11.5. The van der Waals surface area contributed by atoms with E-state index in [1.807, 2.05) is 31.2 Å². The molecular weight excluding hydrogens is 262 g/mol. The van der Waals surface area contributed by atoms with E-state index in [0.717, 1.165) is 37.6 Å². The van der Waals surface area contributed by atoms with Crippen molar-refractivity contribution in [1.82, 2.24) is 5.32 Å². The average molecular weight is 293 g/mol. The highest BCUT2D eigenvalue weighted by molar-refractivity contribution is 5.39. The molecule has 0 spiro atoms. The molecule has 0 bridgehead atoms. The molecule has 3 nitrogen and oxygen atoms in total. The Morgan fingerprint density at radius 2 is 1.67 bits per heavy atom. The maximum absolute atomic E-state index is 5.94. The van der Waals surface area contributed by atoms with Crippen LogP contribution in [0.4, 0.5) is 0 Å². The second-order valence-electron chi connectivity index (χ2n) is 6.39. The predicted molar refractivity (Wildman–Crippen MR) is 89.2 cm³/mol. The van der Waals surface area contributed by atoms with Crippen molar-refractivity contribution in [2.75, 3.05) is 26.3 Å². The van der Waals surface area contributed by atoms with Crippen LogP contribution in [0, 0.1) is 11.3 Å². The first-order chi connectivity index (χ1) is 9.99. The highest BCUT2D eigenvalue weighted by atomic mass is 16.5. The second kappa shape index (κ2) is 8.93. The quantitative estimate of drug-likeness (QED) is 0.742. The minimum atomic E-state index is 0.283. The maximum Gasteiger partial charge on any atom is 0.161 e. The van der Waals surface area contributed by atoms with Crippen molar-refractivity contribution < 1.29 is 9.47 Å². The van der Waals surface area contributed by atoms with E-state index >= 15 is 0 Å². The molecule has 21 heavy (non-hydrogen) atoms. The van der Waals surface area contributed by atoms with Crippen molar-refractivity contribution in [2.45, 2.75) is 41.0 Å². The molecule has 0 aliphatic rings. The second-order valence-corrected chi connectivity index (χ2v) is 6.39. The summed E-state index contributed by atoms with van der Waals surface area (Å²) in [7, 11) is 0. The largest absolute Gasteiger partial charge is 0.490 e. The van der Waals surface area contributed by atoms with Crippen molar-refractivity contribution in [3.8, 4) is 11.5 Å². The molecule has 1 aromatic carbocycles. The lowest BCUT2D eigenvalue weighted by molar-refractivity contribution is 0.177. The third-order valence-electron chi connectivity index (χ3n) is 3.74. The molecule has 0 fully saturated rings. The number of hydrogen-bond donors (Lipinski definition) is 1. The monoisotopic (exact) mass is 293 g/mol. The molecule has 1 atom stereocenters. The van der Waals surface area contributed by atoms with Crippen LogP contribution in [0.3, 0.4) is 0 Å². The van der Waals surface area contributed by atoms with Crippen LogP contribution in [0.1, 0.15) is 41.0 Å². The molecule has 0 saturated heterocycles. The van der Waals surface area contributed by atoms with Gasteiger partial charge >= 0.3 is 0 Å². The van der Waals surface area contributed by atoms with Crippen LogP contribution in [-0.2, 0) is 0 Å². The van der Waals surface area contributed by atoms with Gasteiger partial charge in [-0.05, 0) is 49.9 Å². The first-order valence-corrected chi connectivity index (χ1v) is 8.04. The molecule has 0 aliphatic carbocycles. The van der Waals surface area contributed by atoms with E-state index in [4.69, 9.17) is 9.47 Å². The molecule has 120 valence electrons. The molecule has 3 heteroatoms. The normalized spacial score (nSPS) is 13.0. The third-order valence-corrected chi connectivity index (χ3v) is 3.74. The van der Waals surface area contributed by atoms with Crippen molar-refractivity contribution >= 4 is 0 Å². The Morgan fingerprint density at radius 1 is 1.05 bits per heavy atom. The topological polar surface area (TPSA) is 30.5 Å². The lowest BCUT2D eigenvalue weighted by Gasteiger charge is -2.31. The molecule has 1 unspecified atom stereocenters. The standard InChI is InChI=1S/C18H31NO2/c1-6-19-14-15(18(3,4)5)12-13-21-17-11-9-8-10-16(17)20-7-2/h8-11,15,19H,6-7,12-14H2,1-5H3. The van der Waals surface area contributed by atoms with Gasteiger partial charge in [-0.25, -0.2) is 0 Å². The minimum absolute atomic E-state index is 0.283. The zero-order valence-electron chi connectivity index (χ0n) is 14.2. The summed E-state index contributed by atoms with van der Waals surface area (Å²) in [5, 5.41) is 3.46. The summed E-state index contributed by atoms with van der Waals surface area (Å²) in [4.78, 5) is 0. The van der Waals surface area contributed by atoms with Crippen LogP contribution >= 0.6 is 0 Å². The Balaban J connectivity index is 2.54. The number of rotatable bonds is 9. The highest BCUT2D eigenvalue weighted by Gasteiger charge is 2.24. The van der Waals surface area contributed by atoms with Crippen LogP contribution < -0.4 is 14.8 Å². The zero-order chi connectivity index (χ0) is 15.7. The average Bonchev–Trinajstić information content (AvgIpc) is 2.43.